The lowest BCUT2D eigenvalue weighted by atomic mass is 9.94. The van der Waals surface area contributed by atoms with Crippen LogP contribution < -0.4 is 10.6 Å². The Kier molecular flexibility index (Phi) is 7.92. The second-order valence-corrected chi connectivity index (χ2v) is 6.20. The second kappa shape index (κ2) is 9.19. The monoisotopic (exact) mass is 286 g/mol. The average Bonchev–Trinajstić information content (AvgIpc) is 2.89. The normalized spacial score (nSPS) is 21.8. The summed E-state index contributed by atoms with van der Waals surface area (Å²) in [7, 11) is 0. The summed E-state index contributed by atoms with van der Waals surface area (Å²) < 4.78 is 5.56. The van der Waals surface area contributed by atoms with Crippen LogP contribution in [0.5, 0.6) is 0 Å². The van der Waals surface area contributed by atoms with Crippen molar-refractivity contribution in [3.05, 3.63) is 0 Å². The van der Waals surface area contributed by atoms with Crippen LogP contribution >= 0.6 is 0 Å². The number of ether oxygens (including phenoxy) is 1. The smallest absolute Gasteiger partial charge is 0.315 e. The molecule has 2 amide bonds. The largest absolute Gasteiger partial charge is 0.396 e. The van der Waals surface area contributed by atoms with Crippen molar-refractivity contribution in [3.63, 3.8) is 0 Å². The van der Waals surface area contributed by atoms with Crippen LogP contribution in [0, 0.1) is 11.8 Å². The van der Waals surface area contributed by atoms with E-state index in [0.29, 0.717) is 18.4 Å². The summed E-state index contributed by atoms with van der Waals surface area (Å²) in [5.74, 6) is 0.908. The lowest BCUT2D eigenvalue weighted by Crippen LogP contribution is -2.47. The molecule has 3 unspecified atom stereocenters. The molecule has 20 heavy (non-hydrogen) atoms. The Balaban J connectivity index is 2.25. The summed E-state index contributed by atoms with van der Waals surface area (Å²) in [5.41, 5.74) is 0. The van der Waals surface area contributed by atoms with Crippen LogP contribution in [0.1, 0.15) is 46.5 Å². The molecule has 5 heteroatoms. The number of hydrogen-bond acceptors (Lipinski definition) is 3. The van der Waals surface area contributed by atoms with Gasteiger partial charge in [-0.2, -0.15) is 0 Å². The number of carbonyl (C=O) groups is 1. The molecule has 0 spiro atoms. The van der Waals surface area contributed by atoms with Gasteiger partial charge in [-0.15, -0.1) is 0 Å². The quantitative estimate of drug-likeness (QED) is 0.638. The van der Waals surface area contributed by atoms with Gasteiger partial charge in [-0.25, -0.2) is 4.79 Å². The minimum absolute atomic E-state index is 0.0406. The predicted octanol–water partition coefficient (Wildman–Crippen LogP) is 1.90. The van der Waals surface area contributed by atoms with Crippen molar-refractivity contribution >= 4 is 6.03 Å². The van der Waals surface area contributed by atoms with E-state index < -0.39 is 0 Å². The van der Waals surface area contributed by atoms with Crippen molar-refractivity contribution < 1.29 is 14.6 Å². The van der Waals surface area contributed by atoms with Crippen molar-refractivity contribution in [2.75, 3.05) is 19.8 Å². The summed E-state index contributed by atoms with van der Waals surface area (Å²) in [6.45, 7) is 7.88. The maximum Gasteiger partial charge on any atom is 0.315 e. The first-order valence-electron chi connectivity index (χ1n) is 7.79. The van der Waals surface area contributed by atoms with Gasteiger partial charge in [0.1, 0.15) is 0 Å². The Hall–Kier alpha value is -0.810. The Bertz CT molecular complexity index is 278. The third-order valence-corrected chi connectivity index (χ3v) is 3.77. The lowest BCUT2D eigenvalue weighted by molar-refractivity contribution is 0.0859. The van der Waals surface area contributed by atoms with Crippen LogP contribution in [0.15, 0.2) is 0 Å². The molecular weight excluding hydrogens is 256 g/mol. The van der Waals surface area contributed by atoms with E-state index >= 15 is 0 Å². The molecule has 3 atom stereocenters. The Morgan fingerprint density at radius 2 is 2.15 bits per heavy atom. The van der Waals surface area contributed by atoms with E-state index in [1.165, 1.54) is 0 Å². The molecule has 1 rings (SSSR count). The number of amides is 2. The van der Waals surface area contributed by atoms with Crippen LogP contribution in [0.25, 0.3) is 0 Å². The van der Waals surface area contributed by atoms with Crippen molar-refractivity contribution in [2.45, 2.75) is 58.6 Å². The molecule has 1 heterocycles. The van der Waals surface area contributed by atoms with Gasteiger partial charge in [0.25, 0.3) is 0 Å². The van der Waals surface area contributed by atoms with Gasteiger partial charge < -0.3 is 20.5 Å². The van der Waals surface area contributed by atoms with Gasteiger partial charge in [-0.1, -0.05) is 13.8 Å². The van der Waals surface area contributed by atoms with E-state index in [9.17, 15) is 4.79 Å². The molecule has 0 aromatic heterocycles. The molecule has 118 valence electrons. The van der Waals surface area contributed by atoms with E-state index in [-0.39, 0.29) is 24.8 Å². The maximum absolute atomic E-state index is 11.9. The van der Waals surface area contributed by atoms with E-state index in [2.05, 4.69) is 24.5 Å². The van der Waals surface area contributed by atoms with Gasteiger partial charge in [0.15, 0.2) is 0 Å². The van der Waals surface area contributed by atoms with Crippen molar-refractivity contribution in [1.29, 1.82) is 0 Å². The van der Waals surface area contributed by atoms with Crippen molar-refractivity contribution in [1.82, 2.24) is 10.6 Å². The average molecular weight is 286 g/mol. The van der Waals surface area contributed by atoms with E-state index in [1.54, 1.807) is 0 Å². The molecular formula is C15H30N2O3. The standard InChI is InChI=1S/C15H30N2O3/c1-11(2)9-13(6-7-18)10-16-15(19)17-12(3)14-5-4-8-20-14/h11-14,18H,4-10H2,1-3H3,(H2,16,17,19). The molecule has 1 aliphatic heterocycles. The van der Waals surface area contributed by atoms with E-state index in [0.717, 1.165) is 32.3 Å². The Labute approximate surface area is 122 Å². The molecule has 1 fully saturated rings. The van der Waals surface area contributed by atoms with Crippen LogP contribution in [-0.4, -0.2) is 43.0 Å². The fraction of sp³-hybridized carbons (Fsp3) is 0.933. The summed E-state index contributed by atoms with van der Waals surface area (Å²) in [5, 5.41) is 14.9. The van der Waals surface area contributed by atoms with Crippen LogP contribution in [0.3, 0.4) is 0 Å². The van der Waals surface area contributed by atoms with Gasteiger partial charge in [0.05, 0.1) is 12.1 Å². The molecule has 3 N–H and O–H groups in total. The third-order valence-electron chi connectivity index (χ3n) is 3.77. The predicted molar refractivity (Wildman–Crippen MR) is 79.6 cm³/mol. The summed E-state index contributed by atoms with van der Waals surface area (Å²) in [4.78, 5) is 11.9. The highest BCUT2D eigenvalue weighted by Gasteiger charge is 2.23. The zero-order valence-corrected chi connectivity index (χ0v) is 13.0. The molecule has 1 saturated heterocycles. The molecule has 0 bridgehead atoms. The number of hydrogen-bond donors (Lipinski definition) is 3. The van der Waals surface area contributed by atoms with Gasteiger partial charge >= 0.3 is 6.03 Å². The number of aliphatic hydroxyl groups is 1. The number of rotatable bonds is 8. The Morgan fingerprint density at radius 1 is 1.40 bits per heavy atom. The molecule has 0 aliphatic carbocycles. The van der Waals surface area contributed by atoms with Crippen LogP contribution in [0.2, 0.25) is 0 Å². The van der Waals surface area contributed by atoms with Crippen molar-refractivity contribution in [2.24, 2.45) is 11.8 Å². The second-order valence-electron chi connectivity index (χ2n) is 6.20. The van der Waals surface area contributed by atoms with Gasteiger partial charge in [-0.3, -0.25) is 0 Å². The van der Waals surface area contributed by atoms with E-state index in [4.69, 9.17) is 9.84 Å². The Morgan fingerprint density at radius 3 is 2.70 bits per heavy atom. The fourth-order valence-corrected chi connectivity index (χ4v) is 2.74. The molecule has 0 aromatic rings. The number of urea groups is 1. The van der Waals surface area contributed by atoms with Gasteiger partial charge in [-0.05, 0) is 44.4 Å². The maximum atomic E-state index is 11.9. The highest BCUT2D eigenvalue weighted by molar-refractivity contribution is 5.74. The minimum Gasteiger partial charge on any atom is -0.396 e. The minimum atomic E-state index is -0.139. The summed E-state index contributed by atoms with van der Waals surface area (Å²) in [6, 6.07) is -0.0985. The first-order chi connectivity index (χ1) is 9.52. The number of nitrogens with one attached hydrogen (secondary N) is 2. The number of carbonyl (C=O) groups excluding carboxylic acids is 1. The fourth-order valence-electron chi connectivity index (χ4n) is 2.74. The topological polar surface area (TPSA) is 70.6 Å². The zero-order valence-electron chi connectivity index (χ0n) is 13.0. The molecule has 0 radical (unpaired) electrons. The SMILES string of the molecule is CC(C)CC(CCO)CNC(=O)NC(C)C1CCCO1. The molecule has 5 nitrogen and oxygen atoms in total. The lowest BCUT2D eigenvalue weighted by Gasteiger charge is -2.22. The highest BCUT2D eigenvalue weighted by Crippen LogP contribution is 2.16. The first kappa shape index (κ1) is 17.2. The summed E-state index contributed by atoms with van der Waals surface area (Å²) >= 11 is 0. The number of aliphatic hydroxyl groups excluding tert-OH is 1. The van der Waals surface area contributed by atoms with Crippen LogP contribution in [-0.2, 0) is 4.74 Å². The zero-order chi connectivity index (χ0) is 15.0. The molecule has 1 aliphatic rings. The third kappa shape index (κ3) is 6.57. The molecule has 0 aromatic carbocycles. The van der Waals surface area contributed by atoms with Gasteiger partial charge in [0.2, 0.25) is 0 Å². The van der Waals surface area contributed by atoms with Crippen LogP contribution in [0.4, 0.5) is 4.79 Å². The first-order valence-corrected chi connectivity index (χ1v) is 7.79. The van der Waals surface area contributed by atoms with E-state index in [1.807, 2.05) is 6.92 Å². The highest BCUT2D eigenvalue weighted by atomic mass is 16.5. The van der Waals surface area contributed by atoms with Crippen molar-refractivity contribution in [3.8, 4) is 0 Å². The molecule has 0 saturated carbocycles. The summed E-state index contributed by atoms with van der Waals surface area (Å²) in [6.07, 6.45) is 3.99. The van der Waals surface area contributed by atoms with Gasteiger partial charge in [0, 0.05) is 19.8 Å².